The fraction of sp³-hybridized carbons (Fsp3) is 0.133. The normalized spacial score (nSPS) is 10.7. The van der Waals surface area contributed by atoms with E-state index in [2.05, 4.69) is 9.97 Å². The molecule has 0 aliphatic carbocycles. The molecule has 0 saturated carbocycles. The van der Waals surface area contributed by atoms with Crippen LogP contribution in [-0.4, -0.2) is 22.9 Å². The Hall–Kier alpha value is -2.47. The van der Waals surface area contributed by atoms with Gasteiger partial charge >= 0.3 is 0 Å². The van der Waals surface area contributed by atoms with Crippen LogP contribution in [0.5, 0.6) is 5.75 Å². The predicted molar refractivity (Wildman–Crippen MR) is 81.3 cm³/mol. The van der Waals surface area contributed by atoms with Crippen LogP contribution in [0.3, 0.4) is 0 Å². The van der Waals surface area contributed by atoms with E-state index in [0.29, 0.717) is 27.4 Å². The lowest BCUT2D eigenvalue weighted by Crippen LogP contribution is -2.14. The summed E-state index contributed by atoms with van der Waals surface area (Å²) >= 11 is 1.34. The minimum atomic E-state index is -0.201. The van der Waals surface area contributed by atoms with Crippen LogP contribution in [0.2, 0.25) is 0 Å². The molecule has 5 nitrogen and oxygen atoms in total. The lowest BCUT2D eigenvalue weighted by Gasteiger charge is -2.03. The van der Waals surface area contributed by atoms with Gasteiger partial charge in [-0.05, 0) is 35.7 Å². The number of methoxy groups -OCH3 is 1. The molecule has 0 amide bonds. The Labute approximate surface area is 124 Å². The number of nitrogens with zero attached hydrogens (tertiary/aromatic N) is 1. The first-order valence-electron chi connectivity index (χ1n) is 6.31. The number of aromatic nitrogens is 2. The third-order valence-electron chi connectivity index (χ3n) is 3.10. The molecule has 0 spiro atoms. The molecule has 106 valence electrons. The minimum absolute atomic E-state index is 0.0629. The van der Waals surface area contributed by atoms with E-state index >= 15 is 0 Å². The summed E-state index contributed by atoms with van der Waals surface area (Å²) in [5, 5.41) is 1.81. The number of carbonyl (C=O) groups excluding carboxylic acids is 1. The smallest absolute Gasteiger partial charge is 0.268 e. The van der Waals surface area contributed by atoms with Crippen molar-refractivity contribution >= 4 is 27.3 Å². The largest absolute Gasteiger partial charge is 0.497 e. The summed E-state index contributed by atoms with van der Waals surface area (Å²) < 4.78 is 5.63. The van der Waals surface area contributed by atoms with Crippen LogP contribution in [0.4, 0.5) is 0 Å². The van der Waals surface area contributed by atoms with E-state index in [-0.39, 0.29) is 17.8 Å². The van der Waals surface area contributed by atoms with Crippen LogP contribution >= 0.6 is 11.3 Å². The van der Waals surface area contributed by atoms with Crippen LogP contribution in [0.15, 0.2) is 40.5 Å². The number of ether oxygens (including phenoxy) is 1. The molecule has 21 heavy (non-hydrogen) atoms. The first-order chi connectivity index (χ1) is 10.2. The molecule has 3 aromatic rings. The maximum Gasteiger partial charge on any atom is 0.268 e. The summed E-state index contributed by atoms with van der Waals surface area (Å²) in [6.07, 6.45) is 0.0629. The number of ketones is 1. The third-order valence-corrected chi connectivity index (χ3v) is 4.01. The minimum Gasteiger partial charge on any atom is -0.497 e. The van der Waals surface area contributed by atoms with Gasteiger partial charge in [-0.2, -0.15) is 0 Å². The molecule has 0 aliphatic heterocycles. The Bertz CT molecular complexity index is 849. The van der Waals surface area contributed by atoms with E-state index in [1.165, 1.54) is 11.3 Å². The van der Waals surface area contributed by atoms with Gasteiger partial charge in [-0.15, -0.1) is 11.3 Å². The highest BCUT2D eigenvalue weighted by atomic mass is 32.1. The molecule has 0 bridgehead atoms. The van der Waals surface area contributed by atoms with Gasteiger partial charge in [0, 0.05) is 5.56 Å². The van der Waals surface area contributed by atoms with Crippen molar-refractivity contribution in [3.8, 4) is 5.75 Å². The number of nitrogens with one attached hydrogen (secondary N) is 1. The second-order valence-electron chi connectivity index (χ2n) is 4.48. The highest BCUT2D eigenvalue weighted by molar-refractivity contribution is 7.17. The lowest BCUT2D eigenvalue weighted by molar-refractivity contribution is 0.0991. The molecule has 0 saturated heterocycles. The van der Waals surface area contributed by atoms with Crippen LogP contribution < -0.4 is 10.3 Å². The molecule has 0 unspecified atom stereocenters. The average molecular weight is 300 g/mol. The zero-order chi connectivity index (χ0) is 14.8. The van der Waals surface area contributed by atoms with Crippen molar-refractivity contribution in [1.29, 1.82) is 0 Å². The molecule has 0 atom stereocenters. The molecule has 6 heteroatoms. The Morgan fingerprint density at radius 3 is 2.76 bits per heavy atom. The van der Waals surface area contributed by atoms with Gasteiger partial charge in [0.1, 0.15) is 16.3 Å². The number of Topliss-reactive ketones (excluding diaryl/α,β-unsaturated/α-hetero) is 1. The van der Waals surface area contributed by atoms with Gasteiger partial charge in [0.05, 0.1) is 19.0 Å². The second kappa shape index (κ2) is 5.49. The summed E-state index contributed by atoms with van der Waals surface area (Å²) in [6, 6.07) is 8.62. The molecule has 2 heterocycles. The first kappa shape index (κ1) is 13.5. The summed E-state index contributed by atoms with van der Waals surface area (Å²) in [4.78, 5) is 31.0. The molecule has 1 N–H and O–H groups in total. The van der Waals surface area contributed by atoms with Gasteiger partial charge in [0.15, 0.2) is 5.78 Å². The van der Waals surface area contributed by atoms with Gasteiger partial charge in [-0.1, -0.05) is 0 Å². The molecule has 0 aliphatic rings. The molecule has 0 fully saturated rings. The van der Waals surface area contributed by atoms with E-state index in [0.717, 1.165) is 0 Å². The summed E-state index contributed by atoms with van der Waals surface area (Å²) in [5.41, 5.74) is 0.984. The standard InChI is InChI=1S/C15H12N2O3S/c1-20-10-4-2-9(3-5-10)12(18)8-13-16-11-6-7-21-14(11)15(19)17-13/h2-7H,8H2,1H3,(H,16,17,19). The van der Waals surface area contributed by atoms with Crippen molar-refractivity contribution in [3.63, 3.8) is 0 Å². The Morgan fingerprint density at radius 2 is 2.05 bits per heavy atom. The maximum absolute atomic E-state index is 12.2. The SMILES string of the molecule is COc1ccc(C(=O)Cc2nc3ccsc3c(=O)[nH]2)cc1. The van der Waals surface area contributed by atoms with E-state index in [9.17, 15) is 9.59 Å². The van der Waals surface area contributed by atoms with Crippen molar-refractivity contribution in [2.24, 2.45) is 0 Å². The third kappa shape index (κ3) is 2.71. The van der Waals surface area contributed by atoms with Gasteiger partial charge in [-0.3, -0.25) is 9.59 Å². The lowest BCUT2D eigenvalue weighted by atomic mass is 10.1. The summed E-state index contributed by atoms with van der Waals surface area (Å²) in [5.74, 6) is 0.972. The van der Waals surface area contributed by atoms with Crippen molar-refractivity contribution in [3.05, 3.63) is 57.5 Å². The van der Waals surface area contributed by atoms with Gasteiger partial charge < -0.3 is 9.72 Å². The fourth-order valence-electron chi connectivity index (χ4n) is 2.04. The van der Waals surface area contributed by atoms with E-state index in [4.69, 9.17) is 4.74 Å². The highest BCUT2D eigenvalue weighted by Gasteiger charge is 2.11. The van der Waals surface area contributed by atoms with Gasteiger partial charge in [-0.25, -0.2) is 4.98 Å². The Balaban J connectivity index is 1.86. The number of fused-ring (bicyclic) bond motifs is 1. The monoisotopic (exact) mass is 300 g/mol. The van der Waals surface area contributed by atoms with Crippen molar-refractivity contribution in [2.75, 3.05) is 7.11 Å². The van der Waals surface area contributed by atoms with Gasteiger partial charge in [0.25, 0.3) is 5.56 Å². The van der Waals surface area contributed by atoms with Crippen LogP contribution in [0.25, 0.3) is 10.2 Å². The summed E-state index contributed by atoms with van der Waals surface area (Å²) in [7, 11) is 1.57. The Morgan fingerprint density at radius 1 is 1.29 bits per heavy atom. The summed E-state index contributed by atoms with van der Waals surface area (Å²) in [6.45, 7) is 0. The number of hydrogen-bond donors (Lipinski definition) is 1. The number of thiophene rings is 1. The van der Waals surface area contributed by atoms with Crippen LogP contribution in [0, 0.1) is 0 Å². The van der Waals surface area contributed by atoms with Crippen molar-refractivity contribution < 1.29 is 9.53 Å². The topological polar surface area (TPSA) is 72.0 Å². The number of rotatable bonds is 4. The molecule has 3 rings (SSSR count). The van der Waals surface area contributed by atoms with Gasteiger partial charge in [0.2, 0.25) is 0 Å². The number of benzene rings is 1. The maximum atomic E-state index is 12.2. The molecular weight excluding hydrogens is 288 g/mol. The molecular formula is C15H12N2O3S. The quantitative estimate of drug-likeness (QED) is 0.751. The Kier molecular flexibility index (Phi) is 3.53. The second-order valence-corrected chi connectivity index (χ2v) is 5.39. The van der Waals surface area contributed by atoms with Crippen molar-refractivity contribution in [1.82, 2.24) is 9.97 Å². The first-order valence-corrected chi connectivity index (χ1v) is 7.19. The average Bonchev–Trinajstić information content (AvgIpc) is 2.96. The molecule has 2 aromatic heterocycles. The number of hydrogen-bond acceptors (Lipinski definition) is 5. The molecule has 0 radical (unpaired) electrons. The molecule has 1 aromatic carbocycles. The van der Waals surface area contributed by atoms with Crippen LogP contribution in [-0.2, 0) is 6.42 Å². The van der Waals surface area contributed by atoms with Crippen LogP contribution in [0.1, 0.15) is 16.2 Å². The zero-order valence-electron chi connectivity index (χ0n) is 11.3. The zero-order valence-corrected chi connectivity index (χ0v) is 12.1. The predicted octanol–water partition coefficient (Wildman–Crippen LogP) is 2.42. The number of H-pyrrole nitrogens is 1. The van der Waals surface area contributed by atoms with E-state index in [1.807, 2.05) is 5.38 Å². The fourth-order valence-corrected chi connectivity index (χ4v) is 2.76. The van der Waals surface area contributed by atoms with E-state index in [1.54, 1.807) is 37.4 Å². The highest BCUT2D eigenvalue weighted by Crippen LogP contribution is 2.15. The number of carbonyl (C=O) groups is 1. The number of aromatic amines is 1. The van der Waals surface area contributed by atoms with E-state index < -0.39 is 0 Å². The van der Waals surface area contributed by atoms with Crippen molar-refractivity contribution in [2.45, 2.75) is 6.42 Å².